The highest BCUT2D eigenvalue weighted by Gasteiger charge is 2.38. The summed E-state index contributed by atoms with van der Waals surface area (Å²) in [6.45, 7) is 3.10. The summed E-state index contributed by atoms with van der Waals surface area (Å²) in [5, 5.41) is 0. The topological polar surface area (TPSA) is 71.6 Å². The number of piperidine rings is 1. The number of benzene rings is 1. The first-order valence-corrected chi connectivity index (χ1v) is 12.1. The number of likely N-dealkylation sites (tertiary alicyclic amines) is 1. The zero-order valence-electron chi connectivity index (χ0n) is 18.3. The second kappa shape index (κ2) is 10.0. The summed E-state index contributed by atoms with van der Waals surface area (Å²) < 4.78 is 11.4. The molecule has 2 fully saturated rings. The molecule has 1 amide bonds. The van der Waals surface area contributed by atoms with E-state index in [0.29, 0.717) is 19.1 Å². The maximum Gasteiger partial charge on any atom is 0.409 e. The van der Waals surface area contributed by atoms with E-state index in [1.165, 1.54) is 24.0 Å². The molecule has 0 spiro atoms. The molecule has 1 aliphatic carbocycles. The zero-order chi connectivity index (χ0) is 21.8. The third-order valence-corrected chi connectivity index (χ3v) is 7.68. The molecule has 1 aliphatic heterocycles. The van der Waals surface area contributed by atoms with Gasteiger partial charge in [0, 0.05) is 23.0 Å². The van der Waals surface area contributed by atoms with Crippen molar-refractivity contribution in [1.82, 2.24) is 9.88 Å². The lowest BCUT2D eigenvalue weighted by Gasteiger charge is -2.41. The van der Waals surface area contributed by atoms with Gasteiger partial charge >= 0.3 is 11.0 Å². The molecule has 4 rings (SSSR count). The Balaban J connectivity index is 1.42. The van der Waals surface area contributed by atoms with Crippen molar-refractivity contribution in [3.05, 3.63) is 56.1 Å². The number of ether oxygens (including phenoxy) is 2. The Hall–Kier alpha value is -2.12. The third-order valence-electron chi connectivity index (χ3n) is 6.87. The Morgan fingerprint density at radius 1 is 1.16 bits per heavy atom. The highest BCUT2D eigenvalue weighted by molar-refractivity contribution is 7.09. The van der Waals surface area contributed by atoms with Crippen LogP contribution in [-0.2, 0) is 9.47 Å². The van der Waals surface area contributed by atoms with Gasteiger partial charge < -0.3 is 19.4 Å². The van der Waals surface area contributed by atoms with Crippen LogP contribution in [0.4, 0.5) is 4.79 Å². The molecule has 7 heteroatoms. The van der Waals surface area contributed by atoms with Crippen LogP contribution in [0.3, 0.4) is 0 Å². The van der Waals surface area contributed by atoms with Gasteiger partial charge in [0.2, 0.25) is 0 Å². The smallest absolute Gasteiger partial charge is 0.409 e. The molecule has 31 heavy (non-hydrogen) atoms. The number of hydrogen-bond donors (Lipinski definition) is 1. The van der Waals surface area contributed by atoms with Gasteiger partial charge in [0.1, 0.15) is 0 Å². The van der Waals surface area contributed by atoms with Crippen LogP contribution in [0.5, 0.6) is 0 Å². The fourth-order valence-electron chi connectivity index (χ4n) is 5.24. The van der Waals surface area contributed by atoms with Gasteiger partial charge in [-0.25, -0.2) is 4.79 Å². The predicted molar refractivity (Wildman–Crippen MR) is 122 cm³/mol. The Kier molecular flexibility index (Phi) is 7.13. The summed E-state index contributed by atoms with van der Waals surface area (Å²) in [6.07, 6.45) is 6.02. The number of H-pyrrole nitrogens is 1. The fourth-order valence-corrected chi connectivity index (χ4v) is 5.99. The van der Waals surface area contributed by atoms with E-state index in [2.05, 4.69) is 35.3 Å². The molecular formula is C24H32N2O4S. The van der Waals surface area contributed by atoms with Crippen molar-refractivity contribution in [1.29, 1.82) is 0 Å². The number of aryl methyl sites for hydroxylation is 1. The largest absolute Gasteiger partial charge is 0.453 e. The van der Waals surface area contributed by atoms with Gasteiger partial charge in [0.05, 0.1) is 25.9 Å². The van der Waals surface area contributed by atoms with Crippen LogP contribution >= 0.6 is 11.3 Å². The summed E-state index contributed by atoms with van der Waals surface area (Å²) in [5.74, 6) is 0.668. The van der Waals surface area contributed by atoms with Crippen LogP contribution in [0, 0.1) is 6.92 Å². The average Bonchev–Trinajstić information content (AvgIpc) is 3.15. The molecular weight excluding hydrogens is 412 g/mol. The van der Waals surface area contributed by atoms with Gasteiger partial charge in [-0.1, -0.05) is 41.7 Å². The first kappa shape index (κ1) is 22.1. The van der Waals surface area contributed by atoms with E-state index in [1.807, 2.05) is 6.92 Å². The Morgan fingerprint density at radius 3 is 2.55 bits per heavy atom. The number of carbonyl (C=O) groups excluding carboxylic acids is 1. The van der Waals surface area contributed by atoms with Crippen molar-refractivity contribution < 1.29 is 14.3 Å². The van der Waals surface area contributed by atoms with Crippen LogP contribution < -0.4 is 4.87 Å². The van der Waals surface area contributed by atoms with E-state index in [4.69, 9.17) is 9.47 Å². The lowest BCUT2D eigenvalue weighted by atomic mass is 9.82. The van der Waals surface area contributed by atoms with Gasteiger partial charge in [-0.05, 0) is 56.9 Å². The number of thiazole rings is 1. The van der Waals surface area contributed by atoms with Gasteiger partial charge in [0.15, 0.2) is 0 Å². The molecule has 1 N–H and O–H groups in total. The van der Waals surface area contributed by atoms with Gasteiger partial charge in [-0.2, -0.15) is 0 Å². The third kappa shape index (κ3) is 5.04. The summed E-state index contributed by atoms with van der Waals surface area (Å²) in [7, 11) is 1.42. The van der Waals surface area contributed by atoms with E-state index < -0.39 is 0 Å². The maximum atomic E-state index is 12.5. The predicted octanol–water partition coefficient (Wildman–Crippen LogP) is 4.80. The highest BCUT2D eigenvalue weighted by Crippen LogP contribution is 2.37. The summed E-state index contributed by atoms with van der Waals surface area (Å²) >= 11 is 1.24. The number of carbonyl (C=O) groups is 1. The normalized spacial score (nSPS) is 26.6. The minimum absolute atomic E-state index is 0.0402. The second-order valence-corrected chi connectivity index (χ2v) is 9.87. The molecule has 2 atom stereocenters. The number of hydrogen-bond acceptors (Lipinski definition) is 5. The first-order chi connectivity index (χ1) is 15.1. The van der Waals surface area contributed by atoms with Crippen molar-refractivity contribution in [3.63, 3.8) is 0 Å². The molecule has 1 aromatic carbocycles. The monoisotopic (exact) mass is 444 g/mol. The maximum absolute atomic E-state index is 12.5. The van der Waals surface area contributed by atoms with E-state index in [9.17, 15) is 9.59 Å². The van der Waals surface area contributed by atoms with E-state index >= 15 is 0 Å². The lowest BCUT2D eigenvalue weighted by molar-refractivity contribution is -0.0242. The van der Waals surface area contributed by atoms with Crippen LogP contribution in [0.1, 0.15) is 66.5 Å². The van der Waals surface area contributed by atoms with Crippen LogP contribution in [0.25, 0.3) is 0 Å². The Morgan fingerprint density at radius 2 is 1.90 bits per heavy atom. The molecule has 1 saturated carbocycles. The average molecular weight is 445 g/mol. The van der Waals surface area contributed by atoms with Crippen LogP contribution in [0.2, 0.25) is 0 Å². The van der Waals surface area contributed by atoms with E-state index in [1.54, 1.807) is 4.90 Å². The molecule has 1 aromatic heterocycles. The van der Waals surface area contributed by atoms with E-state index in [0.717, 1.165) is 49.1 Å². The standard InChI is InChI=1S/C24H32N2O4S/c1-16-22(25-23(27)31-16)20-9-6-14-26(24(28)29-2)21(20)15-30-19-12-10-18(11-13-19)17-7-4-3-5-8-17/h3-5,7-8,18-21H,6,9-15H2,1-2H3,(H,25,27)/t18?,19?,20-,21-/m0/s1. The number of nitrogens with one attached hydrogen (secondary N) is 1. The van der Waals surface area contributed by atoms with Crippen molar-refractivity contribution in [2.75, 3.05) is 20.3 Å². The summed E-state index contributed by atoms with van der Waals surface area (Å²) in [5.41, 5.74) is 2.37. The number of amides is 1. The molecule has 1 saturated heterocycles. The van der Waals surface area contributed by atoms with Crippen molar-refractivity contribution >= 4 is 17.4 Å². The fraction of sp³-hybridized carbons (Fsp3) is 0.583. The number of rotatable bonds is 5. The van der Waals surface area contributed by atoms with Gasteiger partial charge in [0.25, 0.3) is 0 Å². The van der Waals surface area contributed by atoms with Crippen molar-refractivity contribution in [3.8, 4) is 0 Å². The number of aromatic amines is 1. The molecule has 6 nitrogen and oxygen atoms in total. The van der Waals surface area contributed by atoms with Gasteiger partial charge in [-0.3, -0.25) is 4.79 Å². The molecule has 0 unspecified atom stereocenters. The van der Waals surface area contributed by atoms with Crippen LogP contribution in [-0.4, -0.2) is 48.4 Å². The molecule has 0 radical (unpaired) electrons. The van der Waals surface area contributed by atoms with Gasteiger partial charge in [-0.15, -0.1) is 0 Å². The quantitative estimate of drug-likeness (QED) is 0.719. The Labute approximate surface area is 187 Å². The number of aromatic nitrogens is 1. The first-order valence-electron chi connectivity index (χ1n) is 11.3. The molecule has 2 heterocycles. The van der Waals surface area contributed by atoms with Crippen molar-refractivity contribution in [2.45, 2.75) is 69.4 Å². The summed E-state index contributed by atoms with van der Waals surface area (Å²) in [6, 6.07) is 10.6. The van der Waals surface area contributed by atoms with Crippen molar-refractivity contribution in [2.24, 2.45) is 0 Å². The number of methoxy groups -OCH3 is 1. The molecule has 2 aromatic rings. The Bertz CT molecular complexity index is 917. The zero-order valence-corrected chi connectivity index (χ0v) is 19.2. The SMILES string of the molecule is COC(=O)N1CCC[C@H](c2[nH]c(=O)sc2C)[C@@H]1COC1CCC(c2ccccc2)CC1. The molecule has 168 valence electrons. The second-order valence-electron chi connectivity index (χ2n) is 8.68. The number of nitrogens with zero attached hydrogens (tertiary/aromatic N) is 1. The molecule has 0 bridgehead atoms. The van der Waals surface area contributed by atoms with Crippen LogP contribution in [0.15, 0.2) is 35.1 Å². The minimum atomic E-state index is -0.318. The summed E-state index contributed by atoms with van der Waals surface area (Å²) in [4.78, 5) is 30.1. The minimum Gasteiger partial charge on any atom is -0.453 e. The lowest BCUT2D eigenvalue weighted by Crippen LogP contribution is -2.50. The molecule has 2 aliphatic rings. The van der Waals surface area contributed by atoms with E-state index in [-0.39, 0.29) is 29.0 Å². The highest BCUT2D eigenvalue weighted by atomic mass is 32.1.